The number of aryl methyl sites for hydroxylation is 1. The van der Waals surface area contributed by atoms with Gasteiger partial charge in [0.1, 0.15) is 5.69 Å². The van der Waals surface area contributed by atoms with E-state index in [0.29, 0.717) is 50.4 Å². The number of benzene rings is 1. The van der Waals surface area contributed by atoms with Gasteiger partial charge in [-0.25, -0.2) is 9.59 Å². The zero-order chi connectivity index (χ0) is 23.8. The maximum atomic E-state index is 12.8. The fourth-order valence-corrected chi connectivity index (χ4v) is 3.81. The third-order valence-corrected chi connectivity index (χ3v) is 5.52. The van der Waals surface area contributed by atoms with Crippen LogP contribution in [0.4, 0.5) is 0 Å². The minimum absolute atomic E-state index is 0.0194. The number of carboxylic acids is 1. The molecule has 2 N–H and O–H groups in total. The zero-order valence-corrected chi connectivity index (χ0v) is 19.1. The summed E-state index contributed by atoms with van der Waals surface area (Å²) in [5.74, 6) is -1.69. The predicted octanol–water partition coefficient (Wildman–Crippen LogP) is 2.72. The zero-order valence-electron chi connectivity index (χ0n) is 19.1. The first-order valence-electron chi connectivity index (χ1n) is 11.4. The number of nitrogens with zero attached hydrogens (tertiary/aromatic N) is 2. The number of hydrogen-bond acceptors (Lipinski definition) is 6. The molecule has 178 valence electrons. The van der Waals surface area contributed by atoms with Gasteiger partial charge in [-0.2, -0.15) is 5.10 Å². The van der Waals surface area contributed by atoms with E-state index >= 15 is 0 Å². The van der Waals surface area contributed by atoms with Gasteiger partial charge < -0.3 is 19.9 Å². The quantitative estimate of drug-likeness (QED) is 0.614. The van der Waals surface area contributed by atoms with Gasteiger partial charge in [0.15, 0.2) is 0 Å². The number of carbonyl (C=O) groups is 3. The molecule has 3 rings (SSSR count). The monoisotopic (exact) mass is 457 g/mol. The lowest BCUT2D eigenvalue weighted by Crippen LogP contribution is -2.28. The number of amides is 1. The molecule has 1 aromatic heterocycles. The SMILES string of the molecule is CCn1nc(C[C@@H](C)COC(=O)c2ccc(C(=O)O)cc2)c2c1C(=O)NCCCOCCC2. The van der Waals surface area contributed by atoms with E-state index in [1.807, 2.05) is 13.8 Å². The molecule has 0 unspecified atom stereocenters. The summed E-state index contributed by atoms with van der Waals surface area (Å²) in [4.78, 5) is 36.1. The van der Waals surface area contributed by atoms with Crippen molar-refractivity contribution in [2.24, 2.45) is 5.92 Å². The summed E-state index contributed by atoms with van der Waals surface area (Å²) in [5.41, 5.74) is 2.79. The van der Waals surface area contributed by atoms with E-state index < -0.39 is 11.9 Å². The second kappa shape index (κ2) is 11.6. The van der Waals surface area contributed by atoms with E-state index in [1.165, 1.54) is 24.3 Å². The van der Waals surface area contributed by atoms with Crippen LogP contribution < -0.4 is 5.32 Å². The molecule has 1 aromatic carbocycles. The van der Waals surface area contributed by atoms with E-state index in [0.717, 1.165) is 24.1 Å². The van der Waals surface area contributed by atoms with Gasteiger partial charge in [-0.1, -0.05) is 6.92 Å². The van der Waals surface area contributed by atoms with E-state index in [9.17, 15) is 14.4 Å². The predicted molar refractivity (Wildman–Crippen MR) is 121 cm³/mol. The molecule has 33 heavy (non-hydrogen) atoms. The summed E-state index contributed by atoms with van der Waals surface area (Å²) in [5, 5.41) is 16.6. The van der Waals surface area contributed by atoms with Crippen molar-refractivity contribution in [2.75, 3.05) is 26.4 Å². The number of ether oxygens (including phenoxy) is 2. The summed E-state index contributed by atoms with van der Waals surface area (Å²) >= 11 is 0. The molecule has 0 saturated carbocycles. The third-order valence-electron chi connectivity index (χ3n) is 5.52. The average Bonchev–Trinajstić information content (AvgIpc) is 3.14. The van der Waals surface area contributed by atoms with Crippen molar-refractivity contribution in [1.82, 2.24) is 15.1 Å². The van der Waals surface area contributed by atoms with Crippen molar-refractivity contribution in [3.05, 3.63) is 52.3 Å². The Kier molecular flexibility index (Phi) is 8.59. The Morgan fingerprint density at radius 3 is 2.61 bits per heavy atom. The molecule has 1 atom stereocenters. The number of fused-ring (bicyclic) bond motifs is 1. The number of hydrogen-bond donors (Lipinski definition) is 2. The number of nitrogens with one attached hydrogen (secondary N) is 1. The van der Waals surface area contributed by atoms with Crippen LogP contribution in [0.1, 0.15) is 69.2 Å². The van der Waals surface area contributed by atoms with Crippen LogP contribution >= 0.6 is 0 Å². The minimum atomic E-state index is -1.05. The summed E-state index contributed by atoms with van der Waals surface area (Å²) < 4.78 is 12.8. The largest absolute Gasteiger partial charge is 0.478 e. The number of aromatic carboxylic acids is 1. The van der Waals surface area contributed by atoms with Gasteiger partial charge >= 0.3 is 11.9 Å². The highest BCUT2D eigenvalue weighted by Gasteiger charge is 2.24. The van der Waals surface area contributed by atoms with Crippen molar-refractivity contribution in [2.45, 2.75) is 46.1 Å². The molecule has 1 aliphatic rings. The first-order chi connectivity index (χ1) is 15.9. The van der Waals surface area contributed by atoms with E-state index in [2.05, 4.69) is 5.32 Å². The second-order valence-corrected chi connectivity index (χ2v) is 8.21. The molecular weight excluding hydrogens is 426 g/mol. The Bertz CT molecular complexity index is 983. The van der Waals surface area contributed by atoms with Crippen molar-refractivity contribution in [1.29, 1.82) is 0 Å². The number of carboxylic acid groups (broad SMARTS) is 1. The van der Waals surface area contributed by atoms with Crippen LogP contribution in [-0.4, -0.2) is 59.1 Å². The molecule has 1 aliphatic heterocycles. The molecule has 1 amide bonds. The molecule has 0 aliphatic carbocycles. The van der Waals surface area contributed by atoms with Gasteiger partial charge in [-0.15, -0.1) is 0 Å². The molecule has 0 radical (unpaired) electrons. The molecule has 0 bridgehead atoms. The minimum Gasteiger partial charge on any atom is -0.478 e. The number of esters is 1. The number of aromatic nitrogens is 2. The van der Waals surface area contributed by atoms with Crippen LogP contribution in [0.25, 0.3) is 0 Å². The lowest BCUT2D eigenvalue weighted by molar-refractivity contribution is 0.0447. The Morgan fingerprint density at radius 2 is 1.91 bits per heavy atom. The standard InChI is InChI=1S/C24H31N3O6/c1-3-27-21-19(6-4-12-32-13-5-11-25-22(21)28)20(26-27)14-16(2)15-33-24(31)18-9-7-17(8-10-18)23(29)30/h7-10,16H,3-6,11-15H2,1-2H3,(H,25,28)(H,29,30)/t16-/m1/s1. The molecular formula is C24H31N3O6. The van der Waals surface area contributed by atoms with Crippen LogP contribution in [0.5, 0.6) is 0 Å². The fraction of sp³-hybridized carbons (Fsp3) is 0.500. The maximum absolute atomic E-state index is 12.8. The summed E-state index contributed by atoms with van der Waals surface area (Å²) in [6, 6.07) is 5.63. The normalized spacial score (nSPS) is 15.6. The van der Waals surface area contributed by atoms with Gasteiger partial charge in [-0.3, -0.25) is 9.48 Å². The van der Waals surface area contributed by atoms with Crippen molar-refractivity contribution in [3.63, 3.8) is 0 Å². The fourth-order valence-electron chi connectivity index (χ4n) is 3.81. The van der Waals surface area contributed by atoms with E-state index in [-0.39, 0.29) is 24.0 Å². The number of carbonyl (C=O) groups excluding carboxylic acids is 2. The van der Waals surface area contributed by atoms with Gasteiger partial charge in [-0.05, 0) is 62.8 Å². The Balaban J connectivity index is 1.68. The molecule has 9 heteroatoms. The van der Waals surface area contributed by atoms with Crippen molar-refractivity contribution < 1.29 is 29.0 Å². The topological polar surface area (TPSA) is 120 Å². The van der Waals surface area contributed by atoms with Crippen LogP contribution in [0, 0.1) is 5.92 Å². The van der Waals surface area contributed by atoms with Crippen LogP contribution in [-0.2, 0) is 28.9 Å². The molecule has 9 nitrogen and oxygen atoms in total. The lowest BCUT2D eigenvalue weighted by atomic mass is 9.99. The van der Waals surface area contributed by atoms with Gasteiger partial charge in [0.2, 0.25) is 0 Å². The summed E-state index contributed by atoms with van der Waals surface area (Å²) in [6.07, 6.45) is 2.84. The van der Waals surface area contributed by atoms with Gasteiger partial charge in [0, 0.05) is 31.9 Å². The molecule has 2 heterocycles. The molecule has 0 saturated heterocycles. The lowest BCUT2D eigenvalue weighted by Gasteiger charge is -2.12. The highest BCUT2D eigenvalue weighted by atomic mass is 16.5. The highest BCUT2D eigenvalue weighted by Crippen LogP contribution is 2.21. The first kappa shape index (κ1) is 24.4. The van der Waals surface area contributed by atoms with Gasteiger partial charge in [0.05, 0.1) is 23.4 Å². The summed E-state index contributed by atoms with van der Waals surface area (Å²) in [7, 11) is 0. The van der Waals surface area contributed by atoms with Crippen molar-refractivity contribution in [3.8, 4) is 0 Å². The molecule has 2 aromatic rings. The summed E-state index contributed by atoms with van der Waals surface area (Å²) in [6.45, 7) is 6.52. The third kappa shape index (κ3) is 6.41. The maximum Gasteiger partial charge on any atom is 0.338 e. The average molecular weight is 458 g/mol. The van der Waals surface area contributed by atoms with Crippen molar-refractivity contribution >= 4 is 17.8 Å². The van der Waals surface area contributed by atoms with Crippen LogP contribution in [0.15, 0.2) is 24.3 Å². The van der Waals surface area contributed by atoms with Crippen LogP contribution in [0.2, 0.25) is 0 Å². The Labute approximate surface area is 193 Å². The van der Waals surface area contributed by atoms with Gasteiger partial charge in [0.25, 0.3) is 5.91 Å². The number of rotatable bonds is 7. The second-order valence-electron chi connectivity index (χ2n) is 8.21. The van der Waals surface area contributed by atoms with E-state index in [4.69, 9.17) is 19.7 Å². The molecule has 0 fully saturated rings. The Hall–Kier alpha value is -3.20. The van der Waals surface area contributed by atoms with E-state index in [1.54, 1.807) is 4.68 Å². The smallest absolute Gasteiger partial charge is 0.338 e. The Morgan fingerprint density at radius 1 is 1.21 bits per heavy atom. The highest BCUT2D eigenvalue weighted by molar-refractivity contribution is 5.94. The molecule has 0 spiro atoms. The first-order valence-corrected chi connectivity index (χ1v) is 11.4. The van der Waals surface area contributed by atoms with Crippen LogP contribution in [0.3, 0.4) is 0 Å².